The Kier molecular flexibility index (Phi) is 3.88. The summed E-state index contributed by atoms with van der Waals surface area (Å²) in [6.07, 6.45) is 1.79. The number of hydrogen-bond donors (Lipinski definition) is 1. The van der Waals surface area contributed by atoms with Gasteiger partial charge in [-0.05, 0) is 19.3 Å². The molecule has 2 nitrogen and oxygen atoms in total. The van der Waals surface area contributed by atoms with Gasteiger partial charge in [-0.25, -0.2) is 4.98 Å². The monoisotopic (exact) mass is 199 g/mol. The fraction of sp³-hybridized carbons (Fsp3) is 0.700. The highest BCUT2D eigenvalue weighted by Gasteiger charge is 2.18. The normalized spacial score (nSPS) is 15.7. The summed E-state index contributed by atoms with van der Waals surface area (Å²) < 4.78 is 0. The molecule has 1 aromatic heterocycles. The van der Waals surface area contributed by atoms with Crippen LogP contribution in [0.5, 0.6) is 0 Å². The van der Waals surface area contributed by atoms with Crippen molar-refractivity contribution in [1.29, 1.82) is 0 Å². The van der Waals surface area contributed by atoms with Crippen molar-refractivity contribution in [3.05, 3.63) is 16.1 Å². The molecule has 13 heavy (non-hydrogen) atoms. The largest absolute Gasteiger partial charge is 0.386 e. The van der Waals surface area contributed by atoms with Gasteiger partial charge in [0.15, 0.2) is 0 Å². The van der Waals surface area contributed by atoms with Gasteiger partial charge in [-0.1, -0.05) is 20.3 Å². The van der Waals surface area contributed by atoms with Crippen LogP contribution in [0, 0.1) is 12.8 Å². The smallest absolute Gasteiger partial charge is 0.122 e. The predicted octanol–water partition coefficient (Wildman–Crippen LogP) is 2.92. The molecule has 1 aromatic rings. The van der Waals surface area contributed by atoms with Gasteiger partial charge in [0.05, 0.1) is 0 Å². The van der Waals surface area contributed by atoms with E-state index in [1.165, 1.54) is 0 Å². The first-order valence-corrected chi connectivity index (χ1v) is 5.63. The summed E-state index contributed by atoms with van der Waals surface area (Å²) in [5, 5.41) is 12.7. The molecule has 2 atom stereocenters. The lowest BCUT2D eigenvalue weighted by atomic mass is 10.00. The van der Waals surface area contributed by atoms with Gasteiger partial charge in [0.2, 0.25) is 0 Å². The molecule has 0 radical (unpaired) electrons. The summed E-state index contributed by atoms with van der Waals surface area (Å²) in [7, 11) is 0. The maximum atomic E-state index is 9.88. The lowest BCUT2D eigenvalue weighted by molar-refractivity contribution is 0.112. The van der Waals surface area contributed by atoms with Crippen molar-refractivity contribution in [1.82, 2.24) is 4.98 Å². The second-order valence-corrected chi connectivity index (χ2v) is 4.43. The topological polar surface area (TPSA) is 33.1 Å². The first-order chi connectivity index (χ1) is 6.15. The van der Waals surface area contributed by atoms with Crippen LogP contribution in [0.25, 0.3) is 0 Å². The summed E-state index contributed by atoms with van der Waals surface area (Å²) >= 11 is 1.55. The van der Waals surface area contributed by atoms with Crippen LogP contribution in [0.15, 0.2) is 5.38 Å². The molecule has 0 amide bonds. The van der Waals surface area contributed by atoms with E-state index in [0.717, 1.165) is 23.5 Å². The Morgan fingerprint density at radius 2 is 2.31 bits per heavy atom. The van der Waals surface area contributed by atoms with E-state index >= 15 is 0 Å². The highest BCUT2D eigenvalue weighted by Crippen LogP contribution is 2.27. The third kappa shape index (κ3) is 2.78. The van der Waals surface area contributed by atoms with Gasteiger partial charge in [0.1, 0.15) is 11.1 Å². The lowest BCUT2D eigenvalue weighted by Gasteiger charge is -2.15. The zero-order chi connectivity index (χ0) is 9.84. The van der Waals surface area contributed by atoms with Gasteiger partial charge in [-0.2, -0.15) is 0 Å². The Balaban J connectivity index is 2.61. The fourth-order valence-electron chi connectivity index (χ4n) is 1.36. The number of aliphatic hydroxyl groups is 1. The Labute approximate surface area is 83.6 Å². The minimum atomic E-state index is -0.376. The van der Waals surface area contributed by atoms with E-state index in [4.69, 9.17) is 0 Å². The fourth-order valence-corrected chi connectivity index (χ4v) is 2.28. The number of aryl methyl sites for hydroxylation is 1. The van der Waals surface area contributed by atoms with Crippen LogP contribution >= 0.6 is 11.3 Å². The standard InChI is InChI=1S/C10H17NOS/c1-4-5-7(2)9(12)10-11-8(3)6-13-10/h6-7,9,12H,4-5H2,1-3H3. The highest BCUT2D eigenvalue weighted by atomic mass is 32.1. The van der Waals surface area contributed by atoms with Gasteiger partial charge < -0.3 is 5.11 Å². The number of rotatable bonds is 4. The molecular weight excluding hydrogens is 182 g/mol. The lowest BCUT2D eigenvalue weighted by Crippen LogP contribution is -2.08. The summed E-state index contributed by atoms with van der Waals surface area (Å²) in [6.45, 7) is 6.17. The molecule has 0 aliphatic carbocycles. The first-order valence-electron chi connectivity index (χ1n) is 4.75. The van der Waals surface area contributed by atoms with Crippen LogP contribution in [0.4, 0.5) is 0 Å². The van der Waals surface area contributed by atoms with E-state index in [1.54, 1.807) is 11.3 Å². The van der Waals surface area contributed by atoms with Gasteiger partial charge in [0.25, 0.3) is 0 Å². The van der Waals surface area contributed by atoms with Crippen molar-refractivity contribution in [3.8, 4) is 0 Å². The quantitative estimate of drug-likeness (QED) is 0.808. The van der Waals surface area contributed by atoms with Crippen LogP contribution in [0.2, 0.25) is 0 Å². The Morgan fingerprint density at radius 3 is 2.77 bits per heavy atom. The van der Waals surface area contributed by atoms with E-state index in [-0.39, 0.29) is 6.10 Å². The van der Waals surface area contributed by atoms with E-state index in [9.17, 15) is 5.11 Å². The van der Waals surface area contributed by atoms with Crippen LogP contribution in [-0.4, -0.2) is 10.1 Å². The SMILES string of the molecule is CCCC(C)C(O)c1nc(C)cs1. The number of aliphatic hydroxyl groups excluding tert-OH is 1. The van der Waals surface area contributed by atoms with Crippen molar-refractivity contribution in [3.63, 3.8) is 0 Å². The molecule has 0 aliphatic heterocycles. The number of nitrogens with zero attached hydrogens (tertiary/aromatic N) is 1. The number of hydrogen-bond acceptors (Lipinski definition) is 3. The van der Waals surface area contributed by atoms with Crippen molar-refractivity contribution in [2.75, 3.05) is 0 Å². The molecule has 0 bridgehead atoms. The van der Waals surface area contributed by atoms with Gasteiger partial charge >= 0.3 is 0 Å². The molecule has 3 heteroatoms. The molecule has 0 fully saturated rings. The van der Waals surface area contributed by atoms with Crippen molar-refractivity contribution < 1.29 is 5.11 Å². The van der Waals surface area contributed by atoms with E-state index in [2.05, 4.69) is 18.8 Å². The second-order valence-electron chi connectivity index (χ2n) is 3.54. The Hall–Kier alpha value is -0.410. The minimum absolute atomic E-state index is 0.315. The average molecular weight is 199 g/mol. The molecule has 0 saturated heterocycles. The summed E-state index contributed by atoms with van der Waals surface area (Å²) in [5.74, 6) is 0.315. The maximum Gasteiger partial charge on any atom is 0.122 e. The maximum absolute atomic E-state index is 9.88. The molecule has 1 N–H and O–H groups in total. The van der Waals surface area contributed by atoms with Crippen molar-refractivity contribution in [2.45, 2.75) is 39.7 Å². The molecule has 0 aromatic carbocycles. The Bertz CT molecular complexity index is 259. The molecule has 0 saturated carbocycles. The highest BCUT2D eigenvalue weighted by molar-refractivity contribution is 7.09. The average Bonchev–Trinajstić information content (AvgIpc) is 2.51. The molecule has 0 spiro atoms. The molecule has 2 unspecified atom stereocenters. The van der Waals surface area contributed by atoms with Gasteiger partial charge in [-0.15, -0.1) is 11.3 Å². The third-order valence-corrected chi connectivity index (χ3v) is 3.21. The van der Waals surface area contributed by atoms with E-state index in [0.29, 0.717) is 5.92 Å². The molecule has 1 rings (SSSR count). The van der Waals surface area contributed by atoms with Crippen molar-refractivity contribution >= 4 is 11.3 Å². The second kappa shape index (κ2) is 4.72. The van der Waals surface area contributed by atoms with E-state index < -0.39 is 0 Å². The first kappa shape index (κ1) is 10.7. The van der Waals surface area contributed by atoms with Gasteiger partial charge in [-0.3, -0.25) is 0 Å². The summed E-state index contributed by atoms with van der Waals surface area (Å²) in [5.41, 5.74) is 1.00. The Morgan fingerprint density at radius 1 is 1.62 bits per heavy atom. The minimum Gasteiger partial charge on any atom is -0.386 e. The van der Waals surface area contributed by atoms with E-state index in [1.807, 2.05) is 12.3 Å². The van der Waals surface area contributed by atoms with Gasteiger partial charge in [0, 0.05) is 11.1 Å². The molecule has 0 aliphatic rings. The van der Waals surface area contributed by atoms with Crippen LogP contribution < -0.4 is 0 Å². The zero-order valence-electron chi connectivity index (χ0n) is 8.45. The summed E-state index contributed by atoms with van der Waals surface area (Å²) in [4.78, 5) is 4.28. The van der Waals surface area contributed by atoms with Crippen molar-refractivity contribution in [2.24, 2.45) is 5.92 Å². The molecular formula is C10H17NOS. The summed E-state index contributed by atoms with van der Waals surface area (Å²) in [6, 6.07) is 0. The number of aromatic nitrogens is 1. The molecule has 1 heterocycles. The predicted molar refractivity (Wildman–Crippen MR) is 55.9 cm³/mol. The molecule has 74 valence electrons. The number of thiazole rings is 1. The van der Waals surface area contributed by atoms with Crippen LogP contribution in [-0.2, 0) is 0 Å². The zero-order valence-corrected chi connectivity index (χ0v) is 9.27. The van der Waals surface area contributed by atoms with Crippen LogP contribution in [0.3, 0.4) is 0 Å². The van der Waals surface area contributed by atoms with Crippen LogP contribution in [0.1, 0.15) is 43.5 Å². The third-order valence-electron chi connectivity index (χ3n) is 2.17.